The van der Waals surface area contributed by atoms with Crippen molar-refractivity contribution >= 4 is 17.8 Å². The molecule has 3 N–H and O–H groups in total. The van der Waals surface area contributed by atoms with Crippen molar-refractivity contribution in [1.82, 2.24) is 10.3 Å². The highest BCUT2D eigenvalue weighted by Gasteiger charge is 2.15. The second-order valence-electron chi connectivity index (χ2n) is 4.67. The number of amides is 2. The first kappa shape index (κ1) is 13.3. The second kappa shape index (κ2) is 6.17. The van der Waals surface area contributed by atoms with Gasteiger partial charge in [0.1, 0.15) is 5.82 Å². The van der Waals surface area contributed by atoms with Crippen LogP contribution < -0.4 is 10.6 Å². The Kier molecular flexibility index (Phi) is 4.33. The molecule has 1 saturated carbocycles. The Morgan fingerprint density at radius 2 is 1.95 bits per heavy atom. The smallest absolute Gasteiger partial charge is 0.337 e. The third kappa shape index (κ3) is 3.94. The number of anilines is 1. The van der Waals surface area contributed by atoms with Gasteiger partial charge in [0.05, 0.1) is 5.56 Å². The first-order valence-corrected chi connectivity index (χ1v) is 6.42. The number of aromatic nitrogens is 1. The number of carboxylic acid groups (broad SMARTS) is 1. The third-order valence-electron chi connectivity index (χ3n) is 3.19. The summed E-state index contributed by atoms with van der Waals surface area (Å²) >= 11 is 0. The summed E-state index contributed by atoms with van der Waals surface area (Å²) in [5.74, 6) is -0.691. The van der Waals surface area contributed by atoms with E-state index in [0.717, 1.165) is 25.7 Å². The molecular weight excluding hydrogens is 246 g/mol. The van der Waals surface area contributed by atoms with Gasteiger partial charge < -0.3 is 10.4 Å². The summed E-state index contributed by atoms with van der Waals surface area (Å²) in [5.41, 5.74) is 0.0956. The molecule has 1 heterocycles. The van der Waals surface area contributed by atoms with Crippen LogP contribution in [0.5, 0.6) is 0 Å². The number of pyridine rings is 1. The molecule has 102 valence electrons. The van der Waals surface area contributed by atoms with E-state index in [4.69, 9.17) is 5.11 Å². The minimum absolute atomic E-state index is 0.0956. The molecule has 2 amide bonds. The van der Waals surface area contributed by atoms with E-state index in [1.807, 2.05) is 0 Å². The number of aromatic carboxylic acids is 1. The van der Waals surface area contributed by atoms with Gasteiger partial charge in [-0.1, -0.05) is 19.3 Å². The topological polar surface area (TPSA) is 91.3 Å². The molecule has 0 aliphatic heterocycles. The van der Waals surface area contributed by atoms with Gasteiger partial charge in [-0.15, -0.1) is 0 Å². The van der Waals surface area contributed by atoms with Crippen molar-refractivity contribution in [3.8, 4) is 0 Å². The Balaban J connectivity index is 1.85. The van der Waals surface area contributed by atoms with E-state index in [1.165, 1.54) is 24.8 Å². The summed E-state index contributed by atoms with van der Waals surface area (Å²) in [4.78, 5) is 26.3. The molecule has 0 atom stereocenters. The first-order valence-electron chi connectivity index (χ1n) is 6.42. The lowest BCUT2D eigenvalue weighted by Gasteiger charge is -2.22. The summed E-state index contributed by atoms with van der Waals surface area (Å²) in [6, 6.07) is 2.82. The van der Waals surface area contributed by atoms with Crippen molar-refractivity contribution < 1.29 is 14.7 Å². The maximum absolute atomic E-state index is 11.7. The minimum atomic E-state index is -1.04. The van der Waals surface area contributed by atoms with Gasteiger partial charge in [0, 0.05) is 12.2 Å². The lowest BCUT2D eigenvalue weighted by molar-refractivity contribution is 0.0696. The predicted octanol–water partition coefficient (Wildman–Crippen LogP) is 2.23. The van der Waals surface area contributed by atoms with Crippen LogP contribution in [0.1, 0.15) is 42.5 Å². The van der Waals surface area contributed by atoms with Gasteiger partial charge in [-0.2, -0.15) is 0 Å². The fourth-order valence-corrected chi connectivity index (χ4v) is 2.18. The monoisotopic (exact) mass is 263 g/mol. The Bertz CT molecular complexity index is 453. The van der Waals surface area contributed by atoms with Crippen LogP contribution in [-0.2, 0) is 0 Å². The molecule has 2 rings (SSSR count). The first-order chi connectivity index (χ1) is 9.15. The van der Waals surface area contributed by atoms with Crippen molar-refractivity contribution in [3.05, 3.63) is 23.9 Å². The summed E-state index contributed by atoms with van der Waals surface area (Å²) in [6.45, 7) is 0. The Morgan fingerprint density at radius 1 is 1.21 bits per heavy atom. The number of urea groups is 1. The summed E-state index contributed by atoms with van der Waals surface area (Å²) in [6.07, 6.45) is 6.78. The molecule has 6 nitrogen and oxygen atoms in total. The Hall–Kier alpha value is -2.11. The maximum atomic E-state index is 11.7. The number of nitrogens with zero attached hydrogens (tertiary/aromatic N) is 1. The van der Waals surface area contributed by atoms with Gasteiger partial charge in [-0.3, -0.25) is 5.32 Å². The average molecular weight is 263 g/mol. The molecule has 1 aliphatic rings. The molecule has 1 aromatic rings. The van der Waals surface area contributed by atoms with Gasteiger partial charge in [0.25, 0.3) is 0 Å². The lowest BCUT2D eigenvalue weighted by Crippen LogP contribution is -2.39. The molecule has 0 aromatic carbocycles. The normalized spacial score (nSPS) is 15.8. The molecule has 0 saturated heterocycles. The highest BCUT2D eigenvalue weighted by Crippen LogP contribution is 2.17. The molecule has 0 bridgehead atoms. The van der Waals surface area contributed by atoms with Crippen molar-refractivity contribution in [2.24, 2.45) is 0 Å². The maximum Gasteiger partial charge on any atom is 0.337 e. The Morgan fingerprint density at radius 3 is 2.53 bits per heavy atom. The standard InChI is InChI=1S/C13H17N3O3/c17-12(18)9-6-7-11(14-8-9)16-13(19)15-10-4-2-1-3-5-10/h6-8,10H,1-5H2,(H,17,18)(H2,14,15,16,19). The number of carbonyl (C=O) groups is 2. The van der Waals surface area contributed by atoms with E-state index in [0.29, 0.717) is 5.82 Å². The van der Waals surface area contributed by atoms with Gasteiger partial charge in [0.15, 0.2) is 0 Å². The van der Waals surface area contributed by atoms with Gasteiger partial charge in [0.2, 0.25) is 0 Å². The fourth-order valence-electron chi connectivity index (χ4n) is 2.18. The van der Waals surface area contributed by atoms with Crippen LogP contribution >= 0.6 is 0 Å². The van der Waals surface area contributed by atoms with Crippen molar-refractivity contribution in [3.63, 3.8) is 0 Å². The number of hydrogen-bond donors (Lipinski definition) is 3. The zero-order valence-corrected chi connectivity index (χ0v) is 10.6. The molecule has 0 radical (unpaired) electrons. The quantitative estimate of drug-likeness (QED) is 0.779. The number of hydrogen-bond acceptors (Lipinski definition) is 3. The van der Waals surface area contributed by atoms with Gasteiger partial charge in [-0.25, -0.2) is 14.6 Å². The second-order valence-corrected chi connectivity index (χ2v) is 4.67. The van der Waals surface area contributed by atoms with Crippen LogP contribution in [0.3, 0.4) is 0 Å². The third-order valence-corrected chi connectivity index (χ3v) is 3.19. The SMILES string of the molecule is O=C(Nc1ccc(C(=O)O)cn1)NC1CCCCC1. The highest BCUT2D eigenvalue weighted by atomic mass is 16.4. The number of carbonyl (C=O) groups excluding carboxylic acids is 1. The van der Waals surface area contributed by atoms with Crippen LogP contribution in [0, 0.1) is 0 Å². The van der Waals surface area contributed by atoms with Crippen LogP contribution in [0.2, 0.25) is 0 Å². The van der Waals surface area contributed by atoms with Crippen molar-refractivity contribution in [1.29, 1.82) is 0 Å². The van der Waals surface area contributed by atoms with Crippen LogP contribution in [0.15, 0.2) is 18.3 Å². The largest absolute Gasteiger partial charge is 0.478 e. The molecule has 1 aromatic heterocycles. The number of nitrogens with one attached hydrogen (secondary N) is 2. The minimum Gasteiger partial charge on any atom is -0.478 e. The van der Waals surface area contributed by atoms with E-state index >= 15 is 0 Å². The summed E-state index contributed by atoms with van der Waals surface area (Å²) in [5, 5.41) is 14.2. The number of rotatable bonds is 3. The molecular formula is C13H17N3O3. The molecule has 1 fully saturated rings. The molecule has 6 heteroatoms. The highest BCUT2D eigenvalue weighted by molar-refractivity contribution is 5.90. The molecule has 19 heavy (non-hydrogen) atoms. The lowest BCUT2D eigenvalue weighted by atomic mass is 9.96. The summed E-state index contributed by atoms with van der Waals surface area (Å²) in [7, 11) is 0. The van der Waals surface area contributed by atoms with E-state index in [2.05, 4.69) is 15.6 Å². The number of carboxylic acids is 1. The van der Waals surface area contributed by atoms with Gasteiger partial charge >= 0.3 is 12.0 Å². The molecule has 0 unspecified atom stereocenters. The van der Waals surface area contributed by atoms with E-state index in [1.54, 1.807) is 0 Å². The average Bonchev–Trinajstić information content (AvgIpc) is 2.40. The fraction of sp³-hybridized carbons (Fsp3) is 0.462. The summed E-state index contributed by atoms with van der Waals surface area (Å²) < 4.78 is 0. The van der Waals surface area contributed by atoms with E-state index in [9.17, 15) is 9.59 Å². The zero-order valence-electron chi connectivity index (χ0n) is 10.6. The van der Waals surface area contributed by atoms with E-state index < -0.39 is 5.97 Å². The predicted molar refractivity (Wildman–Crippen MR) is 70.2 cm³/mol. The van der Waals surface area contributed by atoms with E-state index in [-0.39, 0.29) is 17.6 Å². The van der Waals surface area contributed by atoms with Crippen molar-refractivity contribution in [2.45, 2.75) is 38.1 Å². The van der Waals surface area contributed by atoms with Crippen LogP contribution in [0.4, 0.5) is 10.6 Å². The molecule has 0 spiro atoms. The van der Waals surface area contributed by atoms with Crippen LogP contribution in [0.25, 0.3) is 0 Å². The Labute approximate surface area is 111 Å². The van der Waals surface area contributed by atoms with Crippen LogP contribution in [-0.4, -0.2) is 28.1 Å². The van der Waals surface area contributed by atoms with Crippen molar-refractivity contribution in [2.75, 3.05) is 5.32 Å². The molecule has 1 aliphatic carbocycles. The van der Waals surface area contributed by atoms with Gasteiger partial charge in [-0.05, 0) is 25.0 Å². The zero-order chi connectivity index (χ0) is 13.7.